The van der Waals surface area contributed by atoms with Gasteiger partial charge < -0.3 is 5.73 Å². The maximum atomic E-state index is 5.61. The first-order valence-electron chi connectivity index (χ1n) is 4.23. The third kappa shape index (κ3) is 3.11. The van der Waals surface area contributed by atoms with Crippen LogP contribution < -0.4 is 5.73 Å². The molecule has 0 spiro atoms. The van der Waals surface area contributed by atoms with E-state index in [1.165, 1.54) is 17.3 Å². The lowest BCUT2D eigenvalue weighted by molar-refractivity contribution is 1.14. The topological polar surface area (TPSA) is 38.4 Å². The van der Waals surface area contributed by atoms with Crippen molar-refractivity contribution in [2.24, 2.45) is 10.7 Å². The van der Waals surface area contributed by atoms with Gasteiger partial charge in [-0.15, -0.1) is 0 Å². The molecule has 0 heterocycles. The van der Waals surface area contributed by atoms with E-state index >= 15 is 0 Å². The van der Waals surface area contributed by atoms with Gasteiger partial charge >= 0.3 is 0 Å². The van der Waals surface area contributed by atoms with Crippen LogP contribution in [0.4, 0.5) is 5.69 Å². The Balaban J connectivity index is 2.89. The molecule has 0 atom stereocenters. The lowest BCUT2D eigenvalue weighted by Crippen LogP contribution is -2.04. The molecular formula is C10H14N2S. The number of aliphatic imine (C=N–C) groups is 1. The summed E-state index contributed by atoms with van der Waals surface area (Å²) in [7, 11) is 0. The summed E-state index contributed by atoms with van der Waals surface area (Å²) in [4.78, 5) is 4.24. The van der Waals surface area contributed by atoms with Crippen LogP contribution in [-0.4, -0.2) is 11.4 Å². The van der Waals surface area contributed by atoms with E-state index < -0.39 is 0 Å². The average Bonchev–Trinajstić information content (AvgIpc) is 2.18. The molecule has 0 aliphatic carbocycles. The molecule has 1 aromatic carbocycles. The molecule has 0 saturated heterocycles. The van der Waals surface area contributed by atoms with Crippen LogP contribution in [0.2, 0.25) is 0 Å². The van der Waals surface area contributed by atoms with Crippen molar-refractivity contribution in [3.05, 3.63) is 29.8 Å². The fourth-order valence-electron chi connectivity index (χ4n) is 1.02. The summed E-state index contributed by atoms with van der Waals surface area (Å²) in [5.74, 6) is 0. The van der Waals surface area contributed by atoms with E-state index in [1.807, 2.05) is 18.4 Å². The largest absolute Gasteiger partial charge is 0.378 e. The molecule has 13 heavy (non-hydrogen) atoms. The Morgan fingerprint density at radius 2 is 2.31 bits per heavy atom. The van der Waals surface area contributed by atoms with Crippen molar-refractivity contribution in [3.8, 4) is 0 Å². The number of aryl methyl sites for hydroxylation is 1. The van der Waals surface area contributed by atoms with Gasteiger partial charge in [0.15, 0.2) is 5.17 Å². The SMILES string of the molecule is CCc1cccc(N=C(N)SC)c1. The van der Waals surface area contributed by atoms with Crippen LogP contribution in [0.25, 0.3) is 0 Å². The van der Waals surface area contributed by atoms with Crippen molar-refractivity contribution >= 4 is 22.6 Å². The number of benzene rings is 1. The second-order valence-electron chi connectivity index (χ2n) is 2.68. The van der Waals surface area contributed by atoms with Crippen LogP contribution in [0, 0.1) is 0 Å². The number of nitrogens with zero attached hydrogens (tertiary/aromatic N) is 1. The third-order valence-electron chi connectivity index (χ3n) is 1.77. The monoisotopic (exact) mass is 194 g/mol. The van der Waals surface area contributed by atoms with E-state index in [9.17, 15) is 0 Å². The minimum atomic E-state index is 0.605. The van der Waals surface area contributed by atoms with Crippen molar-refractivity contribution in [2.45, 2.75) is 13.3 Å². The fraction of sp³-hybridized carbons (Fsp3) is 0.300. The molecule has 1 aromatic rings. The predicted octanol–water partition coefficient (Wildman–Crippen LogP) is 2.56. The Labute approximate surface area is 83.2 Å². The summed E-state index contributed by atoms with van der Waals surface area (Å²) in [5.41, 5.74) is 7.83. The molecule has 0 radical (unpaired) electrons. The van der Waals surface area contributed by atoms with Crippen molar-refractivity contribution in [2.75, 3.05) is 6.26 Å². The molecule has 3 heteroatoms. The van der Waals surface area contributed by atoms with Crippen LogP contribution in [0.15, 0.2) is 29.3 Å². The molecule has 0 aliphatic rings. The molecule has 0 fully saturated rings. The molecule has 0 unspecified atom stereocenters. The number of nitrogens with two attached hydrogens (primary N) is 1. The zero-order chi connectivity index (χ0) is 9.68. The summed E-state index contributed by atoms with van der Waals surface area (Å²) in [6, 6.07) is 8.12. The lowest BCUT2D eigenvalue weighted by atomic mass is 10.1. The quantitative estimate of drug-likeness (QED) is 0.580. The van der Waals surface area contributed by atoms with Crippen LogP contribution in [0.3, 0.4) is 0 Å². The highest BCUT2D eigenvalue weighted by atomic mass is 32.2. The predicted molar refractivity (Wildman–Crippen MR) is 60.6 cm³/mol. The molecule has 0 saturated carbocycles. The molecule has 0 aliphatic heterocycles. The summed E-state index contributed by atoms with van der Waals surface area (Å²) in [5, 5.41) is 0.605. The van der Waals surface area contributed by atoms with Gasteiger partial charge in [-0.1, -0.05) is 30.8 Å². The van der Waals surface area contributed by atoms with Crippen molar-refractivity contribution < 1.29 is 0 Å². The minimum Gasteiger partial charge on any atom is -0.378 e. The van der Waals surface area contributed by atoms with Crippen LogP contribution >= 0.6 is 11.8 Å². The van der Waals surface area contributed by atoms with Gasteiger partial charge in [0.05, 0.1) is 5.69 Å². The van der Waals surface area contributed by atoms with E-state index in [-0.39, 0.29) is 0 Å². The Kier molecular flexibility index (Phi) is 3.83. The smallest absolute Gasteiger partial charge is 0.158 e. The maximum absolute atomic E-state index is 5.61. The number of hydrogen-bond acceptors (Lipinski definition) is 2. The van der Waals surface area contributed by atoms with Crippen molar-refractivity contribution in [3.63, 3.8) is 0 Å². The first-order valence-corrected chi connectivity index (χ1v) is 5.46. The van der Waals surface area contributed by atoms with Crippen molar-refractivity contribution in [1.82, 2.24) is 0 Å². The van der Waals surface area contributed by atoms with Crippen LogP contribution in [0.1, 0.15) is 12.5 Å². The second kappa shape index (κ2) is 4.92. The molecule has 1 rings (SSSR count). The fourth-order valence-corrected chi connectivity index (χ4v) is 1.22. The van der Waals surface area contributed by atoms with E-state index in [2.05, 4.69) is 24.0 Å². The van der Waals surface area contributed by atoms with E-state index in [1.54, 1.807) is 0 Å². The summed E-state index contributed by atoms with van der Waals surface area (Å²) in [6.45, 7) is 2.13. The van der Waals surface area contributed by atoms with E-state index in [4.69, 9.17) is 5.73 Å². The maximum Gasteiger partial charge on any atom is 0.158 e. The minimum absolute atomic E-state index is 0.605. The summed E-state index contributed by atoms with van der Waals surface area (Å²) >= 11 is 1.46. The summed E-state index contributed by atoms with van der Waals surface area (Å²) in [6.07, 6.45) is 2.95. The van der Waals surface area contributed by atoms with E-state index in [0.717, 1.165) is 12.1 Å². The lowest BCUT2D eigenvalue weighted by Gasteiger charge is -1.99. The third-order valence-corrected chi connectivity index (χ3v) is 2.28. The number of rotatable bonds is 2. The van der Waals surface area contributed by atoms with E-state index in [0.29, 0.717) is 5.17 Å². The van der Waals surface area contributed by atoms with Gasteiger partial charge in [0.2, 0.25) is 0 Å². The molecular weight excluding hydrogens is 180 g/mol. The van der Waals surface area contributed by atoms with Gasteiger partial charge in [0, 0.05) is 0 Å². The number of thioether (sulfide) groups is 1. The first kappa shape index (κ1) is 10.1. The van der Waals surface area contributed by atoms with Gasteiger partial charge in [0.1, 0.15) is 0 Å². The molecule has 0 bridgehead atoms. The highest BCUT2D eigenvalue weighted by molar-refractivity contribution is 8.13. The van der Waals surface area contributed by atoms with Crippen LogP contribution in [-0.2, 0) is 6.42 Å². The molecule has 0 aromatic heterocycles. The Bertz CT molecular complexity index is 308. The second-order valence-corrected chi connectivity index (χ2v) is 3.50. The molecule has 2 nitrogen and oxygen atoms in total. The van der Waals surface area contributed by atoms with Gasteiger partial charge in [-0.2, -0.15) is 0 Å². The molecule has 0 amide bonds. The number of hydrogen-bond donors (Lipinski definition) is 1. The average molecular weight is 194 g/mol. The van der Waals surface area contributed by atoms with Gasteiger partial charge in [-0.25, -0.2) is 4.99 Å². The normalized spacial score (nSPS) is 11.7. The van der Waals surface area contributed by atoms with Crippen LogP contribution in [0.5, 0.6) is 0 Å². The molecule has 2 N–H and O–H groups in total. The zero-order valence-corrected chi connectivity index (χ0v) is 8.77. The van der Waals surface area contributed by atoms with Gasteiger partial charge in [-0.05, 0) is 30.4 Å². The standard InChI is InChI=1S/C10H14N2S/c1-3-8-5-4-6-9(7-8)12-10(11)13-2/h4-7H,3H2,1-2H3,(H2,11,12). The van der Waals surface area contributed by atoms with Gasteiger partial charge in [-0.3, -0.25) is 0 Å². The van der Waals surface area contributed by atoms with Crippen molar-refractivity contribution in [1.29, 1.82) is 0 Å². The molecule has 70 valence electrons. The number of amidine groups is 1. The Morgan fingerprint density at radius 3 is 2.92 bits per heavy atom. The zero-order valence-electron chi connectivity index (χ0n) is 7.95. The first-order chi connectivity index (χ1) is 6.26. The Morgan fingerprint density at radius 1 is 1.54 bits per heavy atom. The summed E-state index contributed by atoms with van der Waals surface area (Å²) < 4.78 is 0. The van der Waals surface area contributed by atoms with Gasteiger partial charge in [0.25, 0.3) is 0 Å². The highest BCUT2D eigenvalue weighted by Crippen LogP contribution is 2.15. The Hall–Kier alpha value is -0.960. The highest BCUT2D eigenvalue weighted by Gasteiger charge is 1.93.